The van der Waals surface area contributed by atoms with Gasteiger partial charge in [-0.2, -0.15) is 0 Å². The van der Waals surface area contributed by atoms with Crippen molar-refractivity contribution in [1.29, 1.82) is 0 Å². The maximum absolute atomic E-state index is 13.3. The molecule has 4 nitrogen and oxygen atoms in total. The zero-order chi connectivity index (χ0) is 13.2. The van der Waals surface area contributed by atoms with Crippen molar-refractivity contribution in [3.05, 3.63) is 29.8 Å². The molecule has 1 aromatic carbocycles. The Kier molecular flexibility index (Phi) is 3.82. The van der Waals surface area contributed by atoms with Gasteiger partial charge in [-0.15, -0.1) is 0 Å². The molecule has 0 aromatic heterocycles. The van der Waals surface area contributed by atoms with E-state index in [1.807, 2.05) is 0 Å². The number of sulfonamides is 1. The molecule has 18 heavy (non-hydrogen) atoms. The Hall–Kier alpha value is -1.21. The lowest BCUT2D eigenvalue weighted by atomic mass is 10.3. The van der Waals surface area contributed by atoms with Gasteiger partial charge in [-0.05, 0) is 31.5 Å². The third kappa shape index (κ3) is 3.39. The first kappa shape index (κ1) is 13.2. The summed E-state index contributed by atoms with van der Waals surface area (Å²) in [7, 11) is -3.68. The van der Waals surface area contributed by atoms with E-state index in [1.54, 1.807) is 0 Å². The third-order valence-electron chi connectivity index (χ3n) is 2.78. The maximum Gasteiger partial charge on any atom is 0.234 e. The smallest absolute Gasteiger partial charge is 0.234 e. The standard InChI is InChI=1S/C11H14F2N2O2S/c12-8-3-4-10(13)11(6-8)15-18(16,17)7-9-2-1-5-14-9/h3-4,6,9,14-15H,1-2,5,7H2. The Balaban J connectivity index is 2.09. The molecule has 2 rings (SSSR count). The van der Waals surface area contributed by atoms with Gasteiger partial charge in [-0.3, -0.25) is 4.72 Å². The molecule has 1 atom stereocenters. The molecule has 1 saturated heterocycles. The molecular formula is C11H14F2N2O2S. The molecule has 0 aliphatic carbocycles. The van der Waals surface area contributed by atoms with Crippen molar-refractivity contribution in [2.75, 3.05) is 17.0 Å². The molecule has 1 heterocycles. The highest BCUT2D eigenvalue weighted by Crippen LogP contribution is 2.18. The summed E-state index contributed by atoms with van der Waals surface area (Å²) < 4.78 is 51.8. The first-order valence-corrected chi connectivity index (χ1v) is 7.30. The Labute approximate surface area is 104 Å². The van der Waals surface area contributed by atoms with Gasteiger partial charge in [-0.25, -0.2) is 17.2 Å². The predicted molar refractivity (Wildman–Crippen MR) is 64.8 cm³/mol. The van der Waals surface area contributed by atoms with Crippen LogP contribution in [0.2, 0.25) is 0 Å². The van der Waals surface area contributed by atoms with Gasteiger partial charge >= 0.3 is 0 Å². The van der Waals surface area contributed by atoms with Gasteiger partial charge in [0.15, 0.2) is 0 Å². The molecule has 0 bridgehead atoms. The van der Waals surface area contributed by atoms with Gasteiger partial charge in [0.05, 0.1) is 11.4 Å². The van der Waals surface area contributed by atoms with Crippen molar-refractivity contribution < 1.29 is 17.2 Å². The van der Waals surface area contributed by atoms with Gasteiger partial charge in [0.2, 0.25) is 10.0 Å². The second-order valence-electron chi connectivity index (χ2n) is 4.30. The Morgan fingerprint density at radius 1 is 1.39 bits per heavy atom. The van der Waals surface area contributed by atoms with E-state index in [2.05, 4.69) is 10.0 Å². The normalized spacial score (nSPS) is 20.0. The minimum absolute atomic E-state index is 0.126. The van der Waals surface area contributed by atoms with E-state index < -0.39 is 21.7 Å². The summed E-state index contributed by atoms with van der Waals surface area (Å²) in [6.45, 7) is 0.786. The highest BCUT2D eigenvalue weighted by Gasteiger charge is 2.22. The highest BCUT2D eigenvalue weighted by molar-refractivity contribution is 7.92. The van der Waals surface area contributed by atoms with Crippen molar-refractivity contribution in [3.63, 3.8) is 0 Å². The lowest BCUT2D eigenvalue weighted by Crippen LogP contribution is -2.33. The van der Waals surface area contributed by atoms with Crippen molar-refractivity contribution in [2.45, 2.75) is 18.9 Å². The fourth-order valence-electron chi connectivity index (χ4n) is 1.95. The number of hydrogen-bond donors (Lipinski definition) is 2. The second kappa shape index (κ2) is 5.19. The summed E-state index contributed by atoms with van der Waals surface area (Å²) in [5.41, 5.74) is -0.354. The van der Waals surface area contributed by atoms with Crippen LogP contribution in [0.15, 0.2) is 18.2 Å². The largest absolute Gasteiger partial charge is 0.313 e. The number of anilines is 1. The van der Waals surface area contributed by atoms with Crippen molar-refractivity contribution in [2.24, 2.45) is 0 Å². The van der Waals surface area contributed by atoms with Gasteiger partial charge in [0.25, 0.3) is 0 Å². The first-order chi connectivity index (χ1) is 8.46. The van der Waals surface area contributed by atoms with Crippen LogP contribution in [0.1, 0.15) is 12.8 Å². The van der Waals surface area contributed by atoms with Gasteiger partial charge < -0.3 is 5.32 Å². The summed E-state index contributed by atoms with van der Waals surface area (Å²) >= 11 is 0. The minimum Gasteiger partial charge on any atom is -0.313 e. The van der Waals surface area contributed by atoms with Crippen molar-refractivity contribution in [1.82, 2.24) is 5.32 Å². The molecule has 1 aliphatic rings. The molecular weight excluding hydrogens is 262 g/mol. The van der Waals surface area contributed by atoms with Gasteiger partial charge in [-0.1, -0.05) is 0 Å². The average molecular weight is 276 g/mol. The lowest BCUT2D eigenvalue weighted by molar-refractivity contribution is 0.579. The molecule has 7 heteroatoms. The molecule has 0 saturated carbocycles. The van der Waals surface area contributed by atoms with Crippen LogP contribution in [-0.2, 0) is 10.0 Å². The van der Waals surface area contributed by atoms with Crippen LogP contribution < -0.4 is 10.0 Å². The quantitative estimate of drug-likeness (QED) is 0.875. The summed E-state index contributed by atoms with van der Waals surface area (Å²) in [5.74, 6) is -1.62. The zero-order valence-electron chi connectivity index (χ0n) is 9.62. The fraction of sp³-hybridized carbons (Fsp3) is 0.455. The summed E-state index contributed by atoms with van der Waals surface area (Å²) in [5, 5.41) is 3.04. The molecule has 1 unspecified atom stereocenters. The number of nitrogens with one attached hydrogen (secondary N) is 2. The van der Waals surface area contributed by atoms with Crippen LogP contribution in [0.3, 0.4) is 0 Å². The monoisotopic (exact) mass is 276 g/mol. The van der Waals surface area contributed by atoms with E-state index in [9.17, 15) is 17.2 Å². The topological polar surface area (TPSA) is 58.2 Å². The molecule has 1 aliphatic heterocycles. The summed E-state index contributed by atoms with van der Waals surface area (Å²) in [4.78, 5) is 0. The van der Waals surface area contributed by atoms with Crippen molar-refractivity contribution in [3.8, 4) is 0 Å². The van der Waals surface area contributed by atoms with Crippen LogP contribution in [0.25, 0.3) is 0 Å². The lowest BCUT2D eigenvalue weighted by Gasteiger charge is -2.13. The maximum atomic E-state index is 13.3. The zero-order valence-corrected chi connectivity index (χ0v) is 10.4. The van der Waals surface area contributed by atoms with E-state index >= 15 is 0 Å². The summed E-state index contributed by atoms with van der Waals surface area (Å²) in [6, 6.07) is 2.53. The molecule has 0 radical (unpaired) electrons. The van der Waals surface area contributed by atoms with E-state index in [0.29, 0.717) is 0 Å². The number of halogens is 2. The number of hydrogen-bond acceptors (Lipinski definition) is 3. The molecule has 1 aromatic rings. The molecule has 100 valence electrons. The van der Waals surface area contributed by atoms with Gasteiger partial charge in [0, 0.05) is 12.1 Å². The van der Waals surface area contributed by atoms with E-state index in [0.717, 1.165) is 37.6 Å². The predicted octanol–water partition coefficient (Wildman–Crippen LogP) is 1.46. The minimum atomic E-state index is -3.68. The molecule has 0 amide bonds. The Morgan fingerprint density at radius 2 is 2.17 bits per heavy atom. The molecule has 1 fully saturated rings. The van der Waals surface area contributed by atoms with Crippen LogP contribution >= 0.6 is 0 Å². The van der Waals surface area contributed by atoms with Crippen LogP contribution in [-0.4, -0.2) is 26.8 Å². The van der Waals surface area contributed by atoms with E-state index in [-0.39, 0.29) is 17.5 Å². The van der Waals surface area contributed by atoms with E-state index in [1.165, 1.54) is 0 Å². The van der Waals surface area contributed by atoms with Crippen molar-refractivity contribution >= 4 is 15.7 Å². The average Bonchev–Trinajstić information content (AvgIpc) is 2.75. The number of rotatable bonds is 4. The van der Waals surface area contributed by atoms with E-state index in [4.69, 9.17) is 0 Å². The second-order valence-corrected chi connectivity index (χ2v) is 6.07. The highest BCUT2D eigenvalue weighted by atomic mass is 32.2. The Morgan fingerprint density at radius 3 is 2.83 bits per heavy atom. The summed E-state index contributed by atoms with van der Waals surface area (Å²) in [6.07, 6.45) is 1.70. The van der Waals surface area contributed by atoms with Crippen LogP contribution in [0, 0.1) is 11.6 Å². The fourth-order valence-corrected chi connectivity index (χ4v) is 3.34. The molecule has 0 spiro atoms. The van der Waals surface area contributed by atoms with Crippen LogP contribution in [0.5, 0.6) is 0 Å². The first-order valence-electron chi connectivity index (χ1n) is 5.65. The van der Waals surface area contributed by atoms with Gasteiger partial charge in [0.1, 0.15) is 11.6 Å². The SMILES string of the molecule is O=S(=O)(CC1CCCN1)Nc1cc(F)ccc1F. The van der Waals surface area contributed by atoms with Crippen LogP contribution in [0.4, 0.5) is 14.5 Å². The molecule has 2 N–H and O–H groups in total. The Bertz CT molecular complexity index is 528. The number of benzene rings is 1. The third-order valence-corrected chi connectivity index (χ3v) is 4.15.